The minimum atomic E-state index is -0.102. The molecule has 1 aliphatic rings. The van der Waals surface area contributed by atoms with Crippen LogP contribution >= 0.6 is 11.3 Å². The third-order valence-corrected chi connectivity index (χ3v) is 4.18. The lowest BCUT2D eigenvalue weighted by Crippen LogP contribution is -2.28. The molecule has 5 nitrogen and oxygen atoms in total. The number of carbonyl (C=O) groups is 1. The lowest BCUT2D eigenvalue weighted by molar-refractivity contribution is 0.0940. The van der Waals surface area contributed by atoms with Crippen LogP contribution in [0.1, 0.15) is 35.4 Å². The Labute approximate surface area is 114 Å². The van der Waals surface area contributed by atoms with Gasteiger partial charge in [0.2, 0.25) is 0 Å². The van der Waals surface area contributed by atoms with Gasteiger partial charge < -0.3 is 15.7 Å². The Bertz CT molecular complexity index is 655. The molecule has 0 saturated carbocycles. The Kier molecular flexibility index (Phi) is 2.87. The topological polar surface area (TPSA) is 72.4 Å². The quantitative estimate of drug-likeness (QED) is 0.500. The molecule has 3 rings (SSSR count). The fourth-order valence-corrected chi connectivity index (χ4v) is 3.24. The van der Waals surface area contributed by atoms with Crippen LogP contribution in [0.3, 0.4) is 0 Å². The second-order valence-electron chi connectivity index (χ2n) is 4.54. The zero-order chi connectivity index (χ0) is 13.4. The van der Waals surface area contributed by atoms with E-state index in [0.717, 1.165) is 16.4 Å². The first kappa shape index (κ1) is 12.0. The Hall–Kier alpha value is -2.08. The molecule has 1 aliphatic heterocycles. The summed E-state index contributed by atoms with van der Waals surface area (Å²) in [4.78, 5) is 12.2. The molecule has 2 aromatic rings. The minimum Gasteiger partial charge on any atom is -0.343 e. The summed E-state index contributed by atoms with van der Waals surface area (Å²) < 4.78 is 2.06. The summed E-state index contributed by atoms with van der Waals surface area (Å²) in [7, 11) is 0. The average molecular weight is 274 g/mol. The number of rotatable bonds is 2. The van der Waals surface area contributed by atoms with Crippen LogP contribution in [0.5, 0.6) is 0 Å². The van der Waals surface area contributed by atoms with Crippen LogP contribution in [0.15, 0.2) is 34.9 Å². The van der Waals surface area contributed by atoms with Crippen LogP contribution in [-0.2, 0) is 0 Å². The van der Waals surface area contributed by atoms with Crippen molar-refractivity contribution in [3.05, 3.63) is 41.0 Å². The highest BCUT2D eigenvalue weighted by molar-refractivity contribution is 7.13. The lowest BCUT2D eigenvalue weighted by Gasteiger charge is -2.16. The molecule has 0 aliphatic carbocycles. The van der Waals surface area contributed by atoms with E-state index in [1.807, 2.05) is 36.7 Å². The first-order valence-electron chi connectivity index (χ1n) is 6.00. The number of nitrogens with one attached hydrogen (secondary N) is 1. The van der Waals surface area contributed by atoms with Crippen molar-refractivity contribution in [3.8, 4) is 5.00 Å². The molecule has 0 aromatic carbocycles. The van der Waals surface area contributed by atoms with Gasteiger partial charge in [-0.3, -0.25) is 4.79 Å². The smallest absolute Gasteiger partial charge is 0.254 e. The second kappa shape index (κ2) is 4.55. The average Bonchev–Trinajstić information content (AvgIpc) is 3.03. The number of hydrazone groups is 1. The van der Waals surface area contributed by atoms with Crippen molar-refractivity contribution >= 4 is 23.0 Å². The van der Waals surface area contributed by atoms with Gasteiger partial charge in [-0.15, -0.1) is 11.3 Å². The van der Waals surface area contributed by atoms with Gasteiger partial charge in [-0.2, -0.15) is 5.10 Å². The molecule has 19 heavy (non-hydrogen) atoms. The number of nitrogens with two attached hydrogens (primary N) is 1. The number of hydrogen-bond acceptors (Lipinski definition) is 4. The summed E-state index contributed by atoms with van der Waals surface area (Å²) in [6, 6.07) is 5.75. The van der Waals surface area contributed by atoms with Gasteiger partial charge in [0, 0.05) is 24.0 Å². The highest BCUT2D eigenvalue weighted by Gasteiger charge is 2.27. The number of hydrogen-bond donors (Lipinski definition) is 2. The molecule has 98 valence electrons. The third kappa shape index (κ3) is 1.94. The van der Waals surface area contributed by atoms with Crippen LogP contribution < -0.4 is 11.2 Å². The molecule has 1 unspecified atom stereocenters. The van der Waals surface area contributed by atoms with E-state index in [0.29, 0.717) is 12.0 Å². The van der Waals surface area contributed by atoms with E-state index in [-0.39, 0.29) is 11.9 Å². The molecule has 0 bridgehead atoms. The molecule has 1 atom stereocenters. The van der Waals surface area contributed by atoms with Crippen LogP contribution in [0.25, 0.3) is 5.00 Å². The Morgan fingerprint density at radius 2 is 2.42 bits per heavy atom. The molecule has 0 saturated heterocycles. The molecule has 6 heteroatoms. The van der Waals surface area contributed by atoms with E-state index >= 15 is 0 Å². The van der Waals surface area contributed by atoms with E-state index in [4.69, 9.17) is 5.84 Å². The number of amides is 1. The monoisotopic (exact) mass is 274 g/mol. The van der Waals surface area contributed by atoms with Crippen molar-refractivity contribution < 1.29 is 4.79 Å². The van der Waals surface area contributed by atoms with Gasteiger partial charge >= 0.3 is 0 Å². The first-order chi connectivity index (χ1) is 9.20. The lowest BCUT2D eigenvalue weighted by atomic mass is 10.1. The summed E-state index contributed by atoms with van der Waals surface area (Å²) in [6.07, 6.45) is 2.59. The first-order valence-corrected chi connectivity index (χ1v) is 6.88. The summed E-state index contributed by atoms with van der Waals surface area (Å²) in [5.41, 5.74) is 2.58. The molecule has 3 heterocycles. The summed E-state index contributed by atoms with van der Waals surface area (Å²) in [6.45, 7) is 1.86. The Balaban J connectivity index is 2.08. The molecular weight excluding hydrogens is 260 g/mol. The molecular formula is C13H14N4OS. The number of thiophene rings is 1. The fourth-order valence-electron chi connectivity index (χ4n) is 2.34. The standard InChI is InChI=1S/C13H14N4OS/c1-8(16-14)7-10-11-3-2-5-17(11)13-9(4-6-19-13)12(18)15-10/h2-6,10H,7,14H2,1H3,(H,15,18)/b16-8-. The maximum Gasteiger partial charge on any atom is 0.254 e. The van der Waals surface area contributed by atoms with E-state index in [1.54, 1.807) is 11.3 Å². The maximum atomic E-state index is 12.2. The molecule has 0 radical (unpaired) electrons. The van der Waals surface area contributed by atoms with Crippen molar-refractivity contribution in [2.45, 2.75) is 19.4 Å². The van der Waals surface area contributed by atoms with Crippen LogP contribution in [0.2, 0.25) is 0 Å². The maximum absolute atomic E-state index is 12.2. The van der Waals surface area contributed by atoms with Crippen molar-refractivity contribution in [2.24, 2.45) is 10.9 Å². The van der Waals surface area contributed by atoms with Crippen LogP contribution in [-0.4, -0.2) is 16.2 Å². The number of carbonyl (C=O) groups excluding carboxylic acids is 1. The Morgan fingerprint density at radius 3 is 3.21 bits per heavy atom. The molecule has 2 aromatic heterocycles. The van der Waals surface area contributed by atoms with Crippen molar-refractivity contribution in [2.75, 3.05) is 0 Å². The summed E-state index contributed by atoms with van der Waals surface area (Å²) in [5, 5.41) is 9.62. The Morgan fingerprint density at radius 1 is 1.58 bits per heavy atom. The van der Waals surface area contributed by atoms with Crippen LogP contribution in [0.4, 0.5) is 0 Å². The minimum absolute atomic E-state index is 0.0465. The van der Waals surface area contributed by atoms with Crippen LogP contribution in [0, 0.1) is 0 Å². The summed E-state index contributed by atoms with van der Waals surface area (Å²) >= 11 is 1.56. The summed E-state index contributed by atoms with van der Waals surface area (Å²) in [5.74, 6) is 5.25. The zero-order valence-corrected chi connectivity index (χ0v) is 11.3. The van der Waals surface area contributed by atoms with Gasteiger partial charge in [-0.05, 0) is 30.5 Å². The van der Waals surface area contributed by atoms with Gasteiger partial charge in [-0.25, -0.2) is 0 Å². The van der Waals surface area contributed by atoms with E-state index in [1.165, 1.54) is 0 Å². The number of aromatic nitrogens is 1. The van der Waals surface area contributed by atoms with Crippen molar-refractivity contribution in [1.29, 1.82) is 0 Å². The predicted octanol–water partition coefficient (Wildman–Crippen LogP) is 2.05. The number of fused-ring (bicyclic) bond motifs is 3. The molecule has 0 fully saturated rings. The van der Waals surface area contributed by atoms with Gasteiger partial charge in [-0.1, -0.05) is 0 Å². The van der Waals surface area contributed by atoms with Gasteiger partial charge in [0.25, 0.3) is 5.91 Å². The van der Waals surface area contributed by atoms with Gasteiger partial charge in [0.1, 0.15) is 5.00 Å². The highest BCUT2D eigenvalue weighted by atomic mass is 32.1. The second-order valence-corrected chi connectivity index (χ2v) is 5.43. The van der Waals surface area contributed by atoms with E-state index < -0.39 is 0 Å². The number of nitrogens with zero attached hydrogens (tertiary/aromatic N) is 2. The van der Waals surface area contributed by atoms with Gasteiger partial charge in [0.15, 0.2) is 0 Å². The molecule has 3 N–H and O–H groups in total. The SMILES string of the molecule is C/C(CC1NC(=O)c2ccsc2-n2cccc21)=N/N. The largest absolute Gasteiger partial charge is 0.343 e. The normalized spacial score (nSPS) is 18.5. The highest BCUT2D eigenvalue weighted by Crippen LogP contribution is 2.31. The predicted molar refractivity (Wildman–Crippen MR) is 75.8 cm³/mol. The van der Waals surface area contributed by atoms with Crippen molar-refractivity contribution in [1.82, 2.24) is 9.88 Å². The zero-order valence-electron chi connectivity index (χ0n) is 10.5. The fraction of sp³-hybridized carbons (Fsp3) is 0.231. The molecule has 1 amide bonds. The van der Waals surface area contributed by atoms with E-state index in [2.05, 4.69) is 15.0 Å². The third-order valence-electron chi connectivity index (χ3n) is 3.27. The van der Waals surface area contributed by atoms with E-state index in [9.17, 15) is 4.79 Å². The van der Waals surface area contributed by atoms with Gasteiger partial charge in [0.05, 0.1) is 11.6 Å². The van der Waals surface area contributed by atoms with Crippen molar-refractivity contribution in [3.63, 3.8) is 0 Å². The molecule has 0 spiro atoms.